The monoisotopic (exact) mass is 436 g/mol. The standard InChI is InChI=1S/C19H21BrN2O3S/c1-21-19(23)13-5-4-6-16-18(13)22-17(26-16)8-7-12-14(20)9-11(24-2)10-15(12)25-3/h7-10,13H,4-6H2,1-3H3,(H,21,23)/b8-7+. The van der Waals surface area contributed by atoms with Gasteiger partial charge in [0.2, 0.25) is 5.91 Å². The van der Waals surface area contributed by atoms with Crippen molar-refractivity contribution < 1.29 is 14.3 Å². The maximum atomic E-state index is 12.1. The average molecular weight is 437 g/mol. The molecule has 0 bridgehead atoms. The highest BCUT2D eigenvalue weighted by Gasteiger charge is 2.29. The quantitative estimate of drug-likeness (QED) is 0.760. The van der Waals surface area contributed by atoms with E-state index in [4.69, 9.17) is 14.5 Å². The number of rotatable bonds is 5. The fourth-order valence-electron chi connectivity index (χ4n) is 3.11. The van der Waals surface area contributed by atoms with Crippen LogP contribution in [0.1, 0.15) is 39.9 Å². The Labute approximate surface area is 165 Å². The second-order valence-corrected chi connectivity index (χ2v) is 7.95. The smallest absolute Gasteiger partial charge is 0.228 e. The van der Waals surface area contributed by atoms with E-state index in [1.54, 1.807) is 32.6 Å². The minimum atomic E-state index is -0.135. The summed E-state index contributed by atoms with van der Waals surface area (Å²) in [6.45, 7) is 0. The third-order valence-corrected chi connectivity index (χ3v) is 6.20. The van der Waals surface area contributed by atoms with Crippen molar-refractivity contribution in [3.63, 3.8) is 0 Å². The summed E-state index contributed by atoms with van der Waals surface area (Å²) in [6.07, 6.45) is 6.82. The number of fused-ring (bicyclic) bond motifs is 1. The highest BCUT2D eigenvalue weighted by Crippen LogP contribution is 2.37. The van der Waals surface area contributed by atoms with Crippen LogP contribution in [0, 0.1) is 0 Å². The number of thiazole rings is 1. The SMILES string of the molecule is CNC(=O)C1CCCc2sc(/C=C/c3c(Br)cc(OC)cc3OC)nc21. The van der Waals surface area contributed by atoms with Crippen LogP contribution in [-0.2, 0) is 11.2 Å². The van der Waals surface area contributed by atoms with E-state index in [9.17, 15) is 4.79 Å². The van der Waals surface area contributed by atoms with Crippen molar-refractivity contribution in [2.75, 3.05) is 21.3 Å². The molecule has 26 heavy (non-hydrogen) atoms. The molecule has 7 heteroatoms. The molecule has 2 aromatic rings. The van der Waals surface area contributed by atoms with Gasteiger partial charge >= 0.3 is 0 Å². The first kappa shape index (κ1) is 18.9. The Morgan fingerprint density at radius 1 is 1.35 bits per heavy atom. The Balaban J connectivity index is 1.91. The number of benzene rings is 1. The number of nitrogens with one attached hydrogen (secondary N) is 1. The summed E-state index contributed by atoms with van der Waals surface area (Å²) in [7, 11) is 4.94. The van der Waals surface area contributed by atoms with Crippen LogP contribution in [0.3, 0.4) is 0 Å². The van der Waals surface area contributed by atoms with Gasteiger partial charge in [0, 0.05) is 28.0 Å². The Hall–Kier alpha value is -1.86. The Bertz CT molecular complexity index is 848. The van der Waals surface area contributed by atoms with E-state index in [-0.39, 0.29) is 11.8 Å². The predicted molar refractivity (Wildman–Crippen MR) is 108 cm³/mol. The first-order valence-corrected chi connectivity index (χ1v) is 9.99. The third-order valence-electron chi connectivity index (χ3n) is 4.45. The number of carbonyl (C=O) groups excluding carboxylic acids is 1. The lowest BCUT2D eigenvalue weighted by Gasteiger charge is -2.19. The van der Waals surface area contributed by atoms with Crippen molar-refractivity contribution in [2.24, 2.45) is 0 Å². The molecule has 1 atom stereocenters. The summed E-state index contributed by atoms with van der Waals surface area (Å²) >= 11 is 5.22. The molecule has 1 aromatic carbocycles. The van der Waals surface area contributed by atoms with Gasteiger partial charge in [-0.15, -0.1) is 11.3 Å². The fraction of sp³-hybridized carbons (Fsp3) is 0.368. The van der Waals surface area contributed by atoms with Crippen molar-refractivity contribution in [2.45, 2.75) is 25.2 Å². The maximum absolute atomic E-state index is 12.1. The van der Waals surface area contributed by atoms with Crippen LogP contribution in [0.15, 0.2) is 16.6 Å². The number of aryl methyl sites for hydroxylation is 1. The summed E-state index contributed by atoms with van der Waals surface area (Å²) in [6, 6.07) is 3.75. The van der Waals surface area contributed by atoms with Crippen LogP contribution in [0.4, 0.5) is 0 Å². The zero-order valence-corrected chi connectivity index (χ0v) is 17.4. The molecule has 0 saturated carbocycles. The second-order valence-electron chi connectivity index (χ2n) is 5.98. The number of hydrogen-bond donors (Lipinski definition) is 1. The zero-order chi connectivity index (χ0) is 18.7. The van der Waals surface area contributed by atoms with Gasteiger partial charge < -0.3 is 14.8 Å². The minimum Gasteiger partial charge on any atom is -0.497 e. The Kier molecular flexibility index (Phi) is 5.98. The number of aromatic nitrogens is 1. The maximum Gasteiger partial charge on any atom is 0.228 e. The van der Waals surface area contributed by atoms with E-state index >= 15 is 0 Å². The molecule has 1 aliphatic rings. The van der Waals surface area contributed by atoms with Crippen molar-refractivity contribution in [1.82, 2.24) is 10.3 Å². The number of hydrogen-bond acceptors (Lipinski definition) is 5. The summed E-state index contributed by atoms with van der Waals surface area (Å²) < 4.78 is 11.6. The predicted octanol–water partition coefficient (Wildman–Crippen LogP) is 4.26. The van der Waals surface area contributed by atoms with E-state index in [0.717, 1.165) is 51.5 Å². The highest BCUT2D eigenvalue weighted by molar-refractivity contribution is 9.10. The molecule has 1 aliphatic carbocycles. The molecule has 0 saturated heterocycles. The van der Waals surface area contributed by atoms with Gasteiger partial charge in [0.1, 0.15) is 16.5 Å². The lowest BCUT2D eigenvalue weighted by atomic mass is 9.90. The van der Waals surface area contributed by atoms with Crippen LogP contribution in [0.25, 0.3) is 12.2 Å². The lowest BCUT2D eigenvalue weighted by Crippen LogP contribution is -2.28. The number of nitrogens with zero attached hydrogens (tertiary/aromatic N) is 1. The molecule has 1 amide bonds. The third kappa shape index (κ3) is 3.78. The van der Waals surface area contributed by atoms with Crippen molar-refractivity contribution in [3.05, 3.63) is 37.7 Å². The van der Waals surface area contributed by atoms with Gasteiger partial charge in [-0.2, -0.15) is 0 Å². The van der Waals surface area contributed by atoms with E-state index in [1.807, 2.05) is 24.3 Å². The van der Waals surface area contributed by atoms with E-state index < -0.39 is 0 Å². The van der Waals surface area contributed by atoms with Crippen LogP contribution >= 0.6 is 27.3 Å². The molecule has 138 valence electrons. The molecule has 0 aliphatic heterocycles. The number of ether oxygens (including phenoxy) is 2. The van der Waals surface area contributed by atoms with Crippen LogP contribution in [0.5, 0.6) is 11.5 Å². The van der Waals surface area contributed by atoms with Crippen molar-refractivity contribution >= 4 is 45.3 Å². The normalized spacial score (nSPS) is 16.4. The molecule has 0 fully saturated rings. The highest BCUT2D eigenvalue weighted by atomic mass is 79.9. The molecule has 1 aromatic heterocycles. The van der Waals surface area contributed by atoms with Gasteiger partial charge in [-0.25, -0.2) is 4.98 Å². The van der Waals surface area contributed by atoms with E-state index in [1.165, 1.54) is 4.88 Å². The number of amides is 1. The van der Waals surface area contributed by atoms with Gasteiger partial charge in [0.15, 0.2) is 0 Å². The average Bonchev–Trinajstić information content (AvgIpc) is 3.08. The van der Waals surface area contributed by atoms with E-state index in [0.29, 0.717) is 0 Å². The van der Waals surface area contributed by atoms with Gasteiger partial charge in [0.25, 0.3) is 0 Å². The summed E-state index contributed by atoms with van der Waals surface area (Å²) in [5.41, 5.74) is 1.85. The first-order chi connectivity index (χ1) is 12.6. The first-order valence-electron chi connectivity index (χ1n) is 8.38. The van der Waals surface area contributed by atoms with Crippen molar-refractivity contribution in [1.29, 1.82) is 0 Å². The van der Waals surface area contributed by atoms with E-state index in [2.05, 4.69) is 21.2 Å². The molecule has 0 spiro atoms. The lowest BCUT2D eigenvalue weighted by molar-refractivity contribution is -0.122. The zero-order valence-electron chi connectivity index (χ0n) is 15.0. The topological polar surface area (TPSA) is 60.5 Å². The number of halogens is 1. The molecule has 5 nitrogen and oxygen atoms in total. The fourth-order valence-corrected chi connectivity index (χ4v) is 4.73. The molecule has 1 unspecified atom stereocenters. The largest absolute Gasteiger partial charge is 0.497 e. The molecular formula is C19H21BrN2O3S. The summed E-state index contributed by atoms with van der Waals surface area (Å²) in [5, 5.41) is 3.65. The Morgan fingerprint density at radius 3 is 2.85 bits per heavy atom. The van der Waals surface area contributed by atoms with Crippen LogP contribution in [0.2, 0.25) is 0 Å². The van der Waals surface area contributed by atoms with Crippen LogP contribution < -0.4 is 14.8 Å². The molecule has 1 N–H and O–H groups in total. The second kappa shape index (κ2) is 8.22. The number of methoxy groups -OCH3 is 2. The summed E-state index contributed by atoms with van der Waals surface area (Å²) in [5.74, 6) is 1.36. The number of carbonyl (C=O) groups is 1. The van der Waals surface area contributed by atoms with Gasteiger partial charge in [0.05, 0.1) is 25.8 Å². The Morgan fingerprint density at radius 2 is 2.15 bits per heavy atom. The molecule has 0 radical (unpaired) electrons. The minimum absolute atomic E-state index is 0.0475. The molecule has 3 rings (SSSR count). The van der Waals surface area contributed by atoms with Crippen LogP contribution in [-0.4, -0.2) is 32.2 Å². The van der Waals surface area contributed by atoms with Gasteiger partial charge in [-0.3, -0.25) is 4.79 Å². The van der Waals surface area contributed by atoms with Gasteiger partial charge in [-0.1, -0.05) is 0 Å². The molecular weight excluding hydrogens is 416 g/mol. The van der Waals surface area contributed by atoms with Crippen molar-refractivity contribution in [3.8, 4) is 11.5 Å². The summed E-state index contributed by atoms with van der Waals surface area (Å²) in [4.78, 5) is 18.0. The number of likely N-dealkylation sites (N-methyl/N-ethyl adjacent to an activating group) is 1. The molecule has 1 heterocycles. The van der Waals surface area contributed by atoms with Gasteiger partial charge in [-0.05, 0) is 53.4 Å².